The van der Waals surface area contributed by atoms with E-state index in [0.717, 1.165) is 10.9 Å². The minimum absolute atomic E-state index is 0.174. The number of pyridine rings is 1. The Hall–Kier alpha value is -2.05. The first-order valence-electron chi connectivity index (χ1n) is 5.85. The highest BCUT2D eigenvalue weighted by atomic mass is 16.3. The van der Waals surface area contributed by atoms with Crippen LogP contribution in [0.5, 0.6) is 5.75 Å². The van der Waals surface area contributed by atoms with Crippen molar-refractivity contribution in [3.63, 3.8) is 0 Å². The Morgan fingerprint density at radius 2 is 2.22 bits per heavy atom. The van der Waals surface area contributed by atoms with Crippen molar-refractivity contribution in [1.29, 1.82) is 0 Å². The van der Waals surface area contributed by atoms with Crippen molar-refractivity contribution < 1.29 is 5.11 Å². The van der Waals surface area contributed by atoms with Crippen LogP contribution < -0.4 is 0 Å². The van der Waals surface area contributed by atoms with E-state index in [4.69, 9.17) is 6.42 Å². The molecule has 1 aromatic carbocycles. The molecular formula is C15H16N2O. The second-order valence-electron chi connectivity index (χ2n) is 4.37. The third kappa shape index (κ3) is 2.15. The fourth-order valence-electron chi connectivity index (χ4n) is 2.06. The standard InChI is InChI=1S/C15H16N2O/c1-4-10-17(3)11(2)12-7-8-14(18)15-13(12)6-5-9-16-15/h1,5-9,11,18H,10H2,2-3H3. The number of terminal acetylenes is 1. The summed E-state index contributed by atoms with van der Waals surface area (Å²) in [5.74, 6) is 2.85. The largest absolute Gasteiger partial charge is 0.506 e. The third-order valence-electron chi connectivity index (χ3n) is 3.23. The molecule has 3 nitrogen and oxygen atoms in total. The van der Waals surface area contributed by atoms with Gasteiger partial charge in [0.25, 0.3) is 0 Å². The van der Waals surface area contributed by atoms with Crippen LogP contribution in [0.15, 0.2) is 30.5 Å². The van der Waals surface area contributed by atoms with Gasteiger partial charge in [0.2, 0.25) is 0 Å². The number of benzene rings is 1. The van der Waals surface area contributed by atoms with Gasteiger partial charge in [-0.3, -0.25) is 9.88 Å². The van der Waals surface area contributed by atoms with Gasteiger partial charge in [-0.05, 0) is 31.7 Å². The molecular weight excluding hydrogens is 224 g/mol. The Morgan fingerprint density at radius 3 is 2.94 bits per heavy atom. The Morgan fingerprint density at radius 1 is 1.44 bits per heavy atom. The molecule has 0 aliphatic carbocycles. The van der Waals surface area contributed by atoms with Crippen LogP contribution in [0.25, 0.3) is 10.9 Å². The van der Waals surface area contributed by atoms with Gasteiger partial charge in [-0.15, -0.1) is 6.42 Å². The average molecular weight is 240 g/mol. The summed E-state index contributed by atoms with van der Waals surface area (Å²) in [6.07, 6.45) is 7.02. The number of hydrogen-bond donors (Lipinski definition) is 1. The lowest BCUT2D eigenvalue weighted by Crippen LogP contribution is -2.22. The smallest absolute Gasteiger partial charge is 0.141 e. The molecule has 1 N–H and O–H groups in total. The number of fused-ring (bicyclic) bond motifs is 1. The molecule has 1 heterocycles. The van der Waals surface area contributed by atoms with E-state index in [9.17, 15) is 5.11 Å². The van der Waals surface area contributed by atoms with Crippen molar-refractivity contribution in [2.24, 2.45) is 0 Å². The van der Waals surface area contributed by atoms with Crippen LogP contribution in [0, 0.1) is 12.3 Å². The summed E-state index contributed by atoms with van der Waals surface area (Å²) in [5.41, 5.74) is 1.75. The van der Waals surface area contributed by atoms with Crippen molar-refractivity contribution >= 4 is 10.9 Å². The van der Waals surface area contributed by atoms with Crippen LogP contribution >= 0.6 is 0 Å². The summed E-state index contributed by atoms with van der Waals surface area (Å²) in [6, 6.07) is 7.63. The molecule has 0 radical (unpaired) electrons. The molecule has 0 fully saturated rings. The Kier molecular flexibility index (Phi) is 3.50. The van der Waals surface area contributed by atoms with Crippen molar-refractivity contribution in [1.82, 2.24) is 9.88 Å². The third-order valence-corrected chi connectivity index (χ3v) is 3.23. The summed E-state index contributed by atoms with van der Waals surface area (Å²) in [5, 5.41) is 10.8. The molecule has 2 aromatic rings. The highest BCUT2D eigenvalue weighted by molar-refractivity contribution is 5.87. The van der Waals surface area contributed by atoms with Crippen LogP contribution in [-0.4, -0.2) is 28.6 Å². The SMILES string of the molecule is C#CCN(C)C(C)c1ccc(O)c2ncccc12. The molecule has 1 unspecified atom stereocenters. The number of nitrogens with zero attached hydrogens (tertiary/aromatic N) is 2. The molecule has 1 aromatic heterocycles. The zero-order valence-corrected chi connectivity index (χ0v) is 10.6. The first-order chi connectivity index (χ1) is 8.65. The van der Waals surface area contributed by atoms with Crippen LogP contribution in [0.4, 0.5) is 0 Å². The maximum atomic E-state index is 9.81. The monoisotopic (exact) mass is 240 g/mol. The van der Waals surface area contributed by atoms with Gasteiger partial charge in [-0.25, -0.2) is 0 Å². The van der Waals surface area contributed by atoms with Gasteiger partial charge in [0, 0.05) is 17.6 Å². The quantitative estimate of drug-likeness (QED) is 0.838. The molecule has 0 aliphatic rings. The highest BCUT2D eigenvalue weighted by Gasteiger charge is 2.15. The van der Waals surface area contributed by atoms with E-state index in [2.05, 4.69) is 22.7 Å². The molecule has 18 heavy (non-hydrogen) atoms. The number of aromatic nitrogens is 1. The predicted molar refractivity (Wildman–Crippen MR) is 73.3 cm³/mol. The lowest BCUT2D eigenvalue weighted by molar-refractivity contribution is 0.295. The van der Waals surface area contributed by atoms with Crippen LogP contribution in [0.2, 0.25) is 0 Å². The van der Waals surface area contributed by atoms with Gasteiger partial charge in [0.15, 0.2) is 0 Å². The molecule has 92 valence electrons. The molecule has 0 aliphatic heterocycles. The normalized spacial score (nSPS) is 12.6. The van der Waals surface area contributed by atoms with Gasteiger partial charge in [-0.2, -0.15) is 0 Å². The molecule has 0 saturated carbocycles. The van der Waals surface area contributed by atoms with Gasteiger partial charge >= 0.3 is 0 Å². The van der Waals surface area contributed by atoms with Crippen LogP contribution in [0.3, 0.4) is 0 Å². The zero-order valence-electron chi connectivity index (χ0n) is 10.6. The molecule has 3 heteroatoms. The van der Waals surface area contributed by atoms with Gasteiger partial charge in [-0.1, -0.05) is 18.1 Å². The summed E-state index contributed by atoms with van der Waals surface area (Å²) >= 11 is 0. The lowest BCUT2D eigenvalue weighted by atomic mass is 10.0. The fraction of sp³-hybridized carbons (Fsp3) is 0.267. The Bertz CT molecular complexity index is 601. The van der Waals surface area contributed by atoms with Gasteiger partial charge in [0.1, 0.15) is 11.3 Å². The lowest BCUT2D eigenvalue weighted by Gasteiger charge is -2.24. The number of aromatic hydroxyl groups is 1. The maximum absolute atomic E-state index is 9.81. The van der Waals surface area contributed by atoms with E-state index in [-0.39, 0.29) is 11.8 Å². The summed E-state index contributed by atoms with van der Waals surface area (Å²) < 4.78 is 0. The minimum Gasteiger partial charge on any atom is -0.506 e. The van der Waals surface area contributed by atoms with E-state index in [1.165, 1.54) is 0 Å². The van der Waals surface area contributed by atoms with Crippen molar-refractivity contribution in [2.75, 3.05) is 13.6 Å². The van der Waals surface area contributed by atoms with E-state index in [1.807, 2.05) is 25.2 Å². The van der Waals surface area contributed by atoms with Gasteiger partial charge < -0.3 is 5.11 Å². The predicted octanol–water partition coefficient (Wildman–Crippen LogP) is 2.57. The maximum Gasteiger partial charge on any atom is 0.141 e. The molecule has 0 spiro atoms. The number of rotatable bonds is 3. The molecule has 0 bridgehead atoms. The topological polar surface area (TPSA) is 36.4 Å². The number of hydrogen-bond acceptors (Lipinski definition) is 3. The van der Waals surface area contributed by atoms with E-state index in [0.29, 0.717) is 12.1 Å². The first-order valence-corrected chi connectivity index (χ1v) is 5.85. The number of phenolic OH excluding ortho intramolecular Hbond substituents is 1. The van der Waals surface area contributed by atoms with Crippen molar-refractivity contribution in [2.45, 2.75) is 13.0 Å². The summed E-state index contributed by atoms with van der Waals surface area (Å²) in [6.45, 7) is 2.68. The first kappa shape index (κ1) is 12.4. The summed E-state index contributed by atoms with van der Waals surface area (Å²) in [4.78, 5) is 6.30. The van der Waals surface area contributed by atoms with Crippen LogP contribution in [0.1, 0.15) is 18.5 Å². The zero-order chi connectivity index (χ0) is 13.1. The molecule has 2 rings (SSSR count). The van der Waals surface area contributed by atoms with E-state index < -0.39 is 0 Å². The second-order valence-corrected chi connectivity index (χ2v) is 4.37. The van der Waals surface area contributed by atoms with E-state index in [1.54, 1.807) is 12.3 Å². The molecule has 1 atom stereocenters. The van der Waals surface area contributed by atoms with Gasteiger partial charge in [0.05, 0.1) is 6.54 Å². The van der Waals surface area contributed by atoms with Crippen molar-refractivity contribution in [3.05, 3.63) is 36.0 Å². The summed E-state index contributed by atoms with van der Waals surface area (Å²) in [7, 11) is 1.99. The fourth-order valence-corrected chi connectivity index (χ4v) is 2.06. The average Bonchev–Trinajstić information content (AvgIpc) is 2.39. The molecule has 0 amide bonds. The minimum atomic E-state index is 0.174. The second kappa shape index (κ2) is 5.07. The van der Waals surface area contributed by atoms with Crippen LogP contribution in [-0.2, 0) is 0 Å². The highest BCUT2D eigenvalue weighted by Crippen LogP contribution is 2.31. The Labute approximate surface area is 107 Å². The van der Waals surface area contributed by atoms with Crippen molar-refractivity contribution in [3.8, 4) is 18.1 Å². The van der Waals surface area contributed by atoms with E-state index >= 15 is 0 Å². The Balaban J connectivity index is 2.52. The molecule has 0 saturated heterocycles. The number of phenols is 1.